The molecule has 2 rings (SSSR count). The van der Waals surface area contributed by atoms with Gasteiger partial charge in [0.25, 0.3) is 0 Å². The number of hydrogen-bond acceptors (Lipinski definition) is 1. The standard InChI is InChI=1S/C11H14FN/c1-8-5-11(13-7-8)9-3-2-4-10(12)6-9/h2-4,6,8,11,13H,5,7H2,1H3/t8-,11+/m0/s1. The largest absolute Gasteiger partial charge is 0.310 e. The van der Waals surface area contributed by atoms with Gasteiger partial charge in [0.1, 0.15) is 5.82 Å². The summed E-state index contributed by atoms with van der Waals surface area (Å²) in [6.45, 7) is 3.26. The van der Waals surface area contributed by atoms with Gasteiger partial charge in [-0.15, -0.1) is 0 Å². The van der Waals surface area contributed by atoms with E-state index in [2.05, 4.69) is 12.2 Å². The molecule has 2 atom stereocenters. The molecule has 1 fully saturated rings. The Kier molecular flexibility index (Phi) is 2.32. The highest BCUT2D eigenvalue weighted by Crippen LogP contribution is 2.26. The Morgan fingerprint density at radius 2 is 2.31 bits per heavy atom. The maximum Gasteiger partial charge on any atom is 0.123 e. The lowest BCUT2D eigenvalue weighted by molar-refractivity contribution is 0.594. The van der Waals surface area contributed by atoms with Crippen LogP contribution in [0.1, 0.15) is 24.9 Å². The topological polar surface area (TPSA) is 12.0 Å². The predicted molar refractivity (Wildman–Crippen MR) is 50.9 cm³/mol. The van der Waals surface area contributed by atoms with E-state index in [-0.39, 0.29) is 5.82 Å². The fraction of sp³-hybridized carbons (Fsp3) is 0.455. The molecule has 70 valence electrons. The average molecular weight is 179 g/mol. The fourth-order valence-electron chi connectivity index (χ4n) is 1.89. The Hall–Kier alpha value is -0.890. The van der Waals surface area contributed by atoms with E-state index in [1.165, 1.54) is 6.07 Å². The van der Waals surface area contributed by atoms with Crippen molar-refractivity contribution in [2.75, 3.05) is 6.54 Å². The normalized spacial score (nSPS) is 27.8. The molecule has 0 radical (unpaired) electrons. The Bertz CT molecular complexity index is 298. The van der Waals surface area contributed by atoms with Crippen molar-refractivity contribution >= 4 is 0 Å². The second kappa shape index (κ2) is 3.46. The number of halogens is 1. The molecule has 1 heterocycles. The molecule has 2 heteroatoms. The van der Waals surface area contributed by atoms with Crippen LogP contribution in [-0.4, -0.2) is 6.54 Å². The van der Waals surface area contributed by atoms with Gasteiger partial charge in [-0.3, -0.25) is 0 Å². The van der Waals surface area contributed by atoms with Gasteiger partial charge in [0, 0.05) is 6.04 Å². The molecule has 0 aromatic heterocycles. The molecular weight excluding hydrogens is 165 g/mol. The summed E-state index contributed by atoms with van der Waals surface area (Å²) in [7, 11) is 0. The van der Waals surface area contributed by atoms with Gasteiger partial charge in [0.2, 0.25) is 0 Å². The van der Waals surface area contributed by atoms with E-state index in [0.717, 1.165) is 18.5 Å². The van der Waals surface area contributed by atoms with Gasteiger partial charge in [0.05, 0.1) is 0 Å². The molecule has 0 amide bonds. The zero-order chi connectivity index (χ0) is 9.26. The monoisotopic (exact) mass is 179 g/mol. The van der Waals surface area contributed by atoms with E-state index in [0.29, 0.717) is 12.0 Å². The highest BCUT2D eigenvalue weighted by Gasteiger charge is 2.21. The summed E-state index contributed by atoms with van der Waals surface area (Å²) in [6.07, 6.45) is 1.11. The fourth-order valence-corrected chi connectivity index (χ4v) is 1.89. The molecule has 13 heavy (non-hydrogen) atoms. The van der Waals surface area contributed by atoms with Crippen molar-refractivity contribution in [3.8, 4) is 0 Å². The van der Waals surface area contributed by atoms with E-state index in [1.807, 2.05) is 6.07 Å². The van der Waals surface area contributed by atoms with Crippen LogP contribution in [0.15, 0.2) is 24.3 Å². The molecular formula is C11H14FN. The molecule has 0 saturated carbocycles. The van der Waals surface area contributed by atoms with Crippen LogP contribution in [-0.2, 0) is 0 Å². The first kappa shape index (κ1) is 8.70. The minimum atomic E-state index is -0.140. The SMILES string of the molecule is C[C@@H]1CN[C@@H](c2cccc(F)c2)C1. The van der Waals surface area contributed by atoms with E-state index >= 15 is 0 Å². The van der Waals surface area contributed by atoms with Crippen LogP contribution in [0, 0.1) is 11.7 Å². The van der Waals surface area contributed by atoms with E-state index in [1.54, 1.807) is 12.1 Å². The van der Waals surface area contributed by atoms with Crippen molar-refractivity contribution in [3.63, 3.8) is 0 Å². The van der Waals surface area contributed by atoms with Crippen LogP contribution >= 0.6 is 0 Å². The minimum absolute atomic E-state index is 0.140. The molecule has 0 unspecified atom stereocenters. The molecule has 0 spiro atoms. The highest BCUT2D eigenvalue weighted by atomic mass is 19.1. The van der Waals surface area contributed by atoms with Gasteiger partial charge >= 0.3 is 0 Å². The number of hydrogen-bond donors (Lipinski definition) is 1. The third kappa shape index (κ3) is 1.89. The second-order valence-electron chi connectivity index (χ2n) is 3.86. The third-order valence-electron chi connectivity index (χ3n) is 2.60. The van der Waals surface area contributed by atoms with E-state index in [4.69, 9.17) is 0 Å². The van der Waals surface area contributed by atoms with Gasteiger partial charge in [0.15, 0.2) is 0 Å². The van der Waals surface area contributed by atoms with Crippen molar-refractivity contribution in [1.82, 2.24) is 5.32 Å². The lowest BCUT2D eigenvalue weighted by Gasteiger charge is -2.09. The van der Waals surface area contributed by atoms with Crippen LogP contribution in [0.25, 0.3) is 0 Å². The summed E-state index contributed by atoms with van der Waals surface area (Å²) in [4.78, 5) is 0. The van der Waals surface area contributed by atoms with E-state index in [9.17, 15) is 4.39 Å². The molecule has 1 N–H and O–H groups in total. The molecule has 0 bridgehead atoms. The number of benzene rings is 1. The Morgan fingerprint density at radius 1 is 1.46 bits per heavy atom. The first-order valence-corrected chi connectivity index (χ1v) is 4.74. The predicted octanol–water partition coefficient (Wildman–Crippen LogP) is 2.50. The highest BCUT2D eigenvalue weighted by molar-refractivity contribution is 5.21. The Balaban J connectivity index is 2.16. The summed E-state index contributed by atoms with van der Waals surface area (Å²) in [6, 6.07) is 7.22. The first-order chi connectivity index (χ1) is 6.25. The van der Waals surface area contributed by atoms with Crippen LogP contribution in [0.4, 0.5) is 4.39 Å². The number of rotatable bonds is 1. The molecule has 1 aromatic carbocycles. The second-order valence-corrected chi connectivity index (χ2v) is 3.86. The van der Waals surface area contributed by atoms with E-state index < -0.39 is 0 Å². The van der Waals surface area contributed by atoms with Crippen molar-refractivity contribution in [3.05, 3.63) is 35.6 Å². The number of nitrogens with one attached hydrogen (secondary N) is 1. The average Bonchev–Trinajstić information content (AvgIpc) is 2.52. The molecule has 1 nitrogen and oxygen atoms in total. The summed E-state index contributed by atoms with van der Waals surface area (Å²) in [5.74, 6) is 0.562. The van der Waals surface area contributed by atoms with Gasteiger partial charge in [-0.25, -0.2) is 4.39 Å². The van der Waals surface area contributed by atoms with Crippen molar-refractivity contribution in [2.24, 2.45) is 5.92 Å². The van der Waals surface area contributed by atoms with Crippen molar-refractivity contribution in [2.45, 2.75) is 19.4 Å². The van der Waals surface area contributed by atoms with Crippen LogP contribution in [0.3, 0.4) is 0 Å². The van der Waals surface area contributed by atoms with Crippen LogP contribution in [0.5, 0.6) is 0 Å². The Morgan fingerprint density at radius 3 is 2.92 bits per heavy atom. The van der Waals surface area contributed by atoms with Crippen LogP contribution < -0.4 is 5.32 Å². The van der Waals surface area contributed by atoms with Gasteiger partial charge in [-0.2, -0.15) is 0 Å². The zero-order valence-corrected chi connectivity index (χ0v) is 7.76. The van der Waals surface area contributed by atoms with Gasteiger partial charge in [-0.1, -0.05) is 19.1 Å². The molecule has 1 aliphatic rings. The summed E-state index contributed by atoms with van der Waals surface area (Å²) >= 11 is 0. The Labute approximate surface area is 78.0 Å². The first-order valence-electron chi connectivity index (χ1n) is 4.74. The maximum absolute atomic E-state index is 12.9. The molecule has 0 aliphatic carbocycles. The van der Waals surface area contributed by atoms with Gasteiger partial charge < -0.3 is 5.32 Å². The van der Waals surface area contributed by atoms with Crippen molar-refractivity contribution < 1.29 is 4.39 Å². The lowest BCUT2D eigenvalue weighted by Crippen LogP contribution is -2.13. The lowest BCUT2D eigenvalue weighted by atomic mass is 10.0. The molecule has 1 aliphatic heterocycles. The summed E-state index contributed by atoms with van der Waals surface area (Å²) in [5, 5.41) is 3.38. The molecule has 1 saturated heterocycles. The van der Waals surface area contributed by atoms with Crippen molar-refractivity contribution in [1.29, 1.82) is 0 Å². The summed E-state index contributed by atoms with van der Waals surface area (Å²) in [5.41, 5.74) is 1.07. The minimum Gasteiger partial charge on any atom is -0.310 e. The zero-order valence-electron chi connectivity index (χ0n) is 7.76. The van der Waals surface area contributed by atoms with Crippen LogP contribution in [0.2, 0.25) is 0 Å². The maximum atomic E-state index is 12.9. The quantitative estimate of drug-likeness (QED) is 0.698. The smallest absolute Gasteiger partial charge is 0.123 e. The third-order valence-corrected chi connectivity index (χ3v) is 2.60. The summed E-state index contributed by atoms with van der Waals surface area (Å²) < 4.78 is 12.9. The molecule has 1 aromatic rings. The van der Waals surface area contributed by atoms with Gasteiger partial charge in [-0.05, 0) is 36.6 Å².